The summed E-state index contributed by atoms with van der Waals surface area (Å²) in [5.41, 5.74) is 1.63. The van der Waals surface area contributed by atoms with Gasteiger partial charge < -0.3 is 5.32 Å². The minimum absolute atomic E-state index is 0.0957. The van der Waals surface area contributed by atoms with Gasteiger partial charge in [0.15, 0.2) is 5.69 Å². The van der Waals surface area contributed by atoms with E-state index in [9.17, 15) is 4.79 Å². The van der Waals surface area contributed by atoms with Crippen LogP contribution in [0.5, 0.6) is 0 Å². The number of nitrogens with one attached hydrogen (secondary N) is 1. The lowest BCUT2D eigenvalue weighted by molar-refractivity contribution is 0.0938. The SMILES string of the molecule is CC(C)NC(=O)c1cn(C2CCN(Cc3cccnc3)CC2)nn1. The fourth-order valence-electron chi connectivity index (χ4n) is 2.99. The molecule has 1 aliphatic rings. The van der Waals surface area contributed by atoms with Gasteiger partial charge in [-0.25, -0.2) is 4.68 Å². The number of carbonyl (C=O) groups excluding carboxylic acids is 1. The molecule has 1 fully saturated rings. The monoisotopic (exact) mass is 328 g/mol. The van der Waals surface area contributed by atoms with Gasteiger partial charge in [0.05, 0.1) is 12.2 Å². The van der Waals surface area contributed by atoms with E-state index in [2.05, 4.69) is 31.6 Å². The maximum atomic E-state index is 12.0. The third-order valence-electron chi connectivity index (χ3n) is 4.22. The molecule has 0 unspecified atom stereocenters. The Morgan fingerprint density at radius 2 is 2.17 bits per heavy atom. The van der Waals surface area contributed by atoms with Gasteiger partial charge in [-0.15, -0.1) is 5.10 Å². The highest BCUT2D eigenvalue weighted by Gasteiger charge is 2.22. The first-order chi connectivity index (χ1) is 11.6. The first-order valence-corrected chi connectivity index (χ1v) is 8.46. The van der Waals surface area contributed by atoms with Gasteiger partial charge in [0, 0.05) is 38.1 Å². The van der Waals surface area contributed by atoms with Gasteiger partial charge in [0.25, 0.3) is 5.91 Å². The van der Waals surface area contributed by atoms with E-state index in [1.807, 2.05) is 30.8 Å². The average Bonchev–Trinajstić information content (AvgIpc) is 3.06. The van der Waals surface area contributed by atoms with Crippen LogP contribution in [-0.4, -0.2) is 49.9 Å². The molecule has 2 aromatic rings. The fourth-order valence-corrected chi connectivity index (χ4v) is 2.99. The molecule has 0 spiro atoms. The summed E-state index contributed by atoms with van der Waals surface area (Å²) in [6, 6.07) is 4.48. The van der Waals surface area contributed by atoms with Gasteiger partial charge in [-0.05, 0) is 38.3 Å². The Balaban J connectivity index is 1.53. The molecular weight excluding hydrogens is 304 g/mol. The molecule has 3 rings (SSSR count). The van der Waals surface area contributed by atoms with E-state index in [4.69, 9.17) is 0 Å². The van der Waals surface area contributed by atoms with Crippen LogP contribution in [0.1, 0.15) is 48.8 Å². The van der Waals surface area contributed by atoms with Gasteiger partial charge >= 0.3 is 0 Å². The Morgan fingerprint density at radius 3 is 2.83 bits per heavy atom. The predicted molar refractivity (Wildman–Crippen MR) is 90.4 cm³/mol. The summed E-state index contributed by atoms with van der Waals surface area (Å²) in [4.78, 5) is 18.6. The first kappa shape index (κ1) is 16.6. The lowest BCUT2D eigenvalue weighted by atomic mass is 10.0. The molecule has 0 bridgehead atoms. The highest BCUT2D eigenvalue weighted by Crippen LogP contribution is 2.22. The number of rotatable bonds is 5. The number of nitrogens with zero attached hydrogens (tertiary/aromatic N) is 5. The zero-order valence-corrected chi connectivity index (χ0v) is 14.2. The van der Waals surface area contributed by atoms with Crippen molar-refractivity contribution in [2.45, 2.75) is 45.3 Å². The van der Waals surface area contributed by atoms with E-state index in [-0.39, 0.29) is 11.9 Å². The minimum atomic E-state index is -0.162. The molecule has 0 radical (unpaired) electrons. The maximum absolute atomic E-state index is 12.0. The molecule has 0 atom stereocenters. The van der Waals surface area contributed by atoms with Crippen molar-refractivity contribution in [3.63, 3.8) is 0 Å². The topological polar surface area (TPSA) is 75.9 Å². The molecule has 0 aliphatic carbocycles. The van der Waals surface area contributed by atoms with E-state index in [1.54, 1.807) is 12.4 Å². The fraction of sp³-hybridized carbons (Fsp3) is 0.529. The van der Waals surface area contributed by atoms with Crippen LogP contribution in [0.4, 0.5) is 0 Å². The summed E-state index contributed by atoms with van der Waals surface area (Å²) < 4.78 is 1.84. The van der Waals surface area contributed by atoms with Crippen LogP contribution in [-0.2, 0) is 6.54 Å². The van der Waals surface area contributed by atoms with Crippen LogP contribution in [0.15, 0.2) is 30.7 Å². The number of likely N-dealkylation sites (tertiary alicyclic amines) is 1. The molecule has 24 heavy (non-hydrogen) atoms. The van der Waals surface area contributed by atoms with Crippen LogP contribution in [0.3, 0.4) is 0 Å². The quantitative estimate of drug-likeness (QED) is 0.903. The van der Waals surface area contributed by atoms with Crippen LogP contribution >= 0.6 is 0 Å². The van der Waals surface area contributed by atoms with Crippen molar-refractivity contribution in [1.82, 2.24) is 30.2 Å². The normalized spacial score (nSPS) is 16.5. The number of aromatic nitrogens is 4. The Labute approximate surface area is 142 Å². The Hall–Kier alpha value is -2.28. The van der Waals surface area contributed by atoms with Crippen molar-refractivity contribution in [1.29, 1.82) is 0 Å². The molecule has 1 amide bonds. The summed E-state index contributed by atoms with van der Waals surface area (Å²) in [7, 11) is 0. The molecule has 1 aliphatic heterocycles. The van der Waals surface area contributed by atoms with Gasteiger partial charge in [-0.1, -0.05) is 11.3 Å². The zero-order chi connectivity index (χ0) is 16.9. The maximum Gasteiger partial charge on any atom is 0.273 e. The predicted octanol–water partition coefficient (Wildman–Crippen LogP) is 1.65. The van der Waals surface area contributed by atoms with Gasteiger partial charge in [-0.2, -0.15) is 0 Å². The molecule has 128 valence electrons. The minimum Gasteiger partial charge on any atom is -0.348 e. The Morgan fingerprint density at radius 1 is 1.38 bits per heavy atom. The molecule has 0 saturated carbocycles. The third-order valence-corrected chi connectivity index (χ3v) is 4.22. The Bertz CT molecular complexity index is 661. The van der Waals surface area contributed by atoms with E-state index >= 15 is 0 Å². The van der Waals surface area contributed by atoms with E-state index in [1.165, 1.54) is 5.56 Å². The first-order valence-electron chi connectivity index (χ1n) is 8.46. The zero-order valence-electron chi connectivity index (χ0n) is 14.2. The van der Waals surface area contributed by atoms with Crippen molar-refractivity contribution in [3.8, 4) is 0 Å². The molecule has 0 aromatic carbocycles. The van der Waals surface area contributed by atoms with Crippen LogP contribution in [0, 0.1) is 0 Å². The second kappa shape index (κ2) is 7.53. The van der Waals surface area contributed by atoms with Crippen molar-refractivity contribution in [2.75, 3.05) is 13.1 Å². The third kappa shape index (κ3) is 4.17. The number of amides is 1. The molecule has 1 N–H and O–H groups in total. The highest BCUT2D eigenvalue weighted by atomic mass is 16.2. The van der Waals surface area contributed by atoms with E-state index in [0.717, 1.165) is 32.5 Å². The molecule has 3 heterocycles. The van der Waals surface area contributed by atoms with Crippen LogP contribution < -0.4 is 5.32 Å². The standard InChI is InChI=1S/C17H24N6O/c1-13(2)19-17(24)16-12-23(21-20-16)15-5-8-22(9-6-15)11-14-4-3-7-18-10-14/h3-4,7,10,12-13,15H,5-6,8-9,11H2,1-2H3,(H,19,24). The summed E-state index contributed by atoms with van der Waals surface area (Å²) >= 11 is 0. The molecular formula is C17H24N6O. The summed E-state index contributed by atoms with van der Waals surface area (Å²) in [6.45, 7) is 6.81. The molecule has 7 nitrogen and oxygen atoms in total. The number of hydrogen-bond acceptors (Lipinski definition) is 5. The van der Waals surface area contributed by atoms with Gasteiger partial charge in [-0.3, -0.25) is 14.7 Å². The number of carbonyl (C=O) groups is 1. The van der Waals surface area contributed by atoms with E-state index < -0.39 is 0 Å². The summed E-state index contributed by atoms with van der Waals surface area (Å²) in [6.07, 6.45) is 7.50. The summed E-state index contributed by atoms with van der Waals surface area (Å²) in [5.74, 6) is -0.162. The molecule has 1 saturated heterocycles. The number of pyridine rings is 1. The average molecular weight is 328 g/mol. The number of hydrogen-bond donors (Lipinski definition) is 1. The highest BCUT2D eigenvalue weighted by molar-refractivity contribution is 5.91. The lowest BCUT2D eigenvalue weighted by Gasteiger charge is -2.31. The lowest BCUT2D eigenvalue weighted by Crippen LogP contribution is -2.34. The Kier molecular flexibility index (Phi) is 5.20. The van der Waals surface area contributed by atoms with Crippen molar-refractivity contribution >= 4 is 5.91 Å². The van der Waals surface area contributed by atoms with Crippen molar-refractivity contribution < 1.29 is 4.79 Å². The largest absolute Gasteiger partial charge is 0.348 e. The molecule has 2 aromatic heterocycles. The van der Waals surface area contributed by atoms with Crippen molar-refractivity contribution in [3.05, 3.63) is 42.0 Å². The summed E-state index contributed by atoms with van der Waals surface area (Å²) in [5, 5.41) is 11.0. The second-order valence-corrected chi connectivity index (χ2v) is 6.58. The number of piperidine rings is 1. The van der Waals surface area contributed by atoms with E-state index in [0.29, 0.717) is 11.7 Å². The van der Waals surface area contributed by atoms with Crippen molar-refractivity contribution in [2.24, 2.45) is 0 Å². The second-order valence-electron chi connectivity index (χ2n) is 6.58. The van der Waals surface area contributed by atoms with Gasteiger partial charge in [0.1, 0.15) is 0 Å². The van der Waals surface area contributed by atoms with Crippen LogP contribution in [0.2, 0.25) is 0 Å². The van der Waals surface area contributed by atoms with Crippen LogP contribution in [0.25, 0.3) is 0 Å². The smallest absolute Gasteiger partial charge is 0.273 e. The molecule has 7 heteroatoms. The van der Waals surface area contributed by atoms with Gasteiger partial charge in [0.2, 0.25) is 0 Å².